The molecule has 22 heavy (non-hydrogen) atoms. The average molecular weight is 337 g/mol. The summed E-state index contributed by atoms with van der Waals surface area (Å²) in [6.07, 6.45) is 0.810. The lowest BCUT2D eigenvalue weighted by atomic mass is 10.0. The molecule has 0 aliphatic heterocycles. The molecule has 116 valence electrons. The molecule has 2 rings (SSSR count). The molecule has 0 saturated heterocycles. The second-order valence-electron chi connectivity index (χ2n) is 5.23. The number of rotatable bonds is 5. The summed E-state index contributed by atoms with van der Waals surface area (Å²) >= 11 is 11.8. The van der Waals surface area contributed by atoms with Crippen molar-refractivity contribution in [3.63, 3.8) is 0 Å². The molecule has 2 nitrogen and oxygen atoms in total. The summed E-state index contributed by atoms with van der Waals surface area (Å²) in [5.74, 6) is 0.717. The highest BCUT2D eigenvalue weighted by Crippen LogP contribution is 2.28. The molecule has 0 aromatic heterocycles. The summed E-state index contributed by atoms with van der Waals surface area (Å²) < 4.78 is 5.90. The summed E-state index contributed by atoms with van der Waals surface area (Å²) in [5, 5.41) is 0.200. The van der Waals surface area contributed by atoms with Gasteiger partial charge in [-0.3, -0.25) is 4.79 Å². The zero-order valence-electron chi connectivity index (χ0n) is 12.9. The molecule has 4 heteroatoms. The van der Waals surface area contributed by atoms with E-state index in [0.717, 1.165) is 34.4 Å². The van der Waals surface area contributed by atoms with Gasteiger partial charge in [-0.05, 0) is 60.7 Å². The van der Waals surface area contributed by atoms with Crippen LogP contribution in [-0.4, -0.2) is 5.24 Å². The molecule has 0 saturated carbocycles. The predicted octanol–water partition coefficient (Wildman–Crippen LogP) is 5.48. The van der Waals surface area contributed by atoms with Crippen molar-refractivity contribution in [2.24, 2.45) is 0 Å². The van der Waals surface area contributed by atoms with Crippen LogP contribution in [-0.2, 0) is 13.0 Å². The minimum absolute atomic E-state index is 0.290. The smallest absolute Gasteiger partial charge is 0.252 e. The third-order valence-electron chi connectivity index (χ3n) is 3.69. The Morgan fingerprint density at radius 1 is 1.18 bits per heavy atom. The van der Waals surface area contributed by atoms with Crippen molar-refractivity contribution < 1.29 is 9.53 Å². The number of halogens is 2. The number of ether oxygens (including phenoxy) is 1. The number of hydrogen-bond acceptors (Lipinski definition) is 2. The van der Waals surface area contributed by atoms with E-state index in [1.807, 2.05) is 45.0 Å². The van der Waals surface area contributed by atoms with E-state index >= 15 is 0 Å². The standard InChI is InChI=1S/C18H18Cl2O2/c1-4-13-6-5-7-14(18(20)21)15(13)10-22-17-9-16(19)11(2)8-12(17)3/h5-9H,4,10H2,1-3H3. The molecule has 0 unspecified atom stereocenters. The summed E-state index contributed by atoms with van der Waals surface area (Å²) in [6, 6.07) is 9.34. The first-order chi connectivity index (χ1) is 10.4. The number of carbonyl (C=O) groups excluding carboxylic acids is 1. The lowest BCUT2D eigenvalue weighted by Crippen LogP contribution is -2.07. The molecule has 0 amide bonds. The Hall–Kier alpha value is -1.51. The maximum absolute atomic E-state index is 11.6. The zero-order chi connectivity index (χ0) is 16.3. The first kappa shape index (κ1) is 16.9. The summed E-state index contributed by atoms with van der Waals surface area (Å²) in [7, 11) is 0. The molecule has 0 aliphatic rings. The Morgan fingerprint density at radius 3 is 2.55 bits per heavy atom. The molecule has 0 fully saturated rings. The largest absolute Gasteiger partial charge is 0.489 e. The average Bonchev–Trinajstić information content (AvgIpc) is 2.49. The highest BCUT2D eigenvalue weighted by atomic mass is 35.5. The lowest BCUT2D eigenvalue weighted by molar-refractivity contribution is 0.107. The quantitative estimate of drug-likeness (QED) is 0.676. The van der Waals surface area contributed by atoms with E-state index in [1.54, 1.807) is 6.07 Å². The Morgan fingerprint density at radius 2 is 1.91 bits per heavy atom. The predicted molar refractivity (Wildman–Crippen MR) is 91.3 cm³/mol. The van der Waals surface area contributed by atoms with Crippen LogP contribution < -0.4 is 4.74 Å². The van der Waals surface area contributed by atoms with Crippen molar-refractivity contribution in [3.8, 4) is 5.75 Å². The van der Waals surface area contributed by atoms with Crippen molar-refractivity contribution in [3.05, 3.63) is 63.2 Å². The van der Waals surface area contributed by atoms with Gasteiger partial charge in [-0.25, -0.2) is 0 Å². The maximum atomic E-state index is 11.6. The van der Waals surface area contributed by atoms with E-state index < -0.39 is 5.24 Å². The normalized spacial score (nSPS) is 10.6. The molecule has 0 spiro atoms. The molecule has 0 N–H and O–H groups in total. The molecule has 0 atom stereocenters. The lowest BCUT2D eigenvalue weighted by Gasteiger charge is -2.15. The Labute approximate surface area is 141 Å². The van der Waals surface area contributed by atoms with E-state index in [2.05, 4.69) is 0 Å². The minimum Gasteiger partial charge on any atom is -0.489 e. The van der Waals surface area contributed by atoms with E-state index in [4.69, 9.17) is 27.9 Å². The van der Waals surface area contributed by atoms with Gasteiger partial charge in [-0.1, -0.05) is 36.7 Å². The fourth-order valence-corrected chi connectivity index (χ4v) is 2.76. The fraction of sp³-hybridized carbons (Fsp3) is 0.278. The Balaban J connectivity index is 2.32. The van der Waals surface area contributed by atoms with Crippen LogP contribution in [0.25, 0.3) is 0 Å². The van der Waals surface area contributed by atoms with Crippen molar-refractivity contribution in [2.75, 3.05) is 0 Å². The maximum Gasteiger partial charge on any atom is 0.252 e. The Kier molecular flexibility index (Phi) is 5.49. The van der Waals surface area contributed by atoms with Crippen molar-refractivity contribution >= 4 is 28.4 Å². The van der Waals surface area contributed by atoms with Gasteiger partial charge in [0.05, 0.1) is 0 Å². The van der Waals surface area contributed by atoms with Gasteiger partial charge in [0.25, 0.3) is 5.24 Å². The van der Waals surface area contributed by atoms with Crippen LogP contribution in [0.2, 0.25) is 5.02 Å². The molecular formula is C18H18Cl2O2. The van der Waals surface area contributed by atoms with Crippen LogP contribution in [0.4, 0.5) is 0 Å². The SMILES string of the molecule is CCc1cccc(C(=O)Cl)c1COc1cc(Cl)c(C)cc1C. The Bertz CT molecular complexity index is 708. The van der Waals surface area contributed by atoms with Gasteiger partial charge in [0.1, 0.15) is 12.4 Å². The van der Waals surface area contributed by atoms with E-state index in [1.165, 1.54) is 0 Å². The minimum atomic E-state index is -0.465. The molecule has 0 aliphatic carbocycles. The monoisotopic (exact) mass is 336 g/mol. The second kappa shape index (κ2) is 7.17. The van der Waals surface area contributed by atoms with Gasteiger partial charge < -0.3 is 4.74 Å². The van der Waals surface area contributed by atoms with Crippen LogP contribution in [0.3, 0.4) is 0 Å². The zero-order valence-corrected chi connectivity index (χ0v) is 14.4. The van der Waals surface area contributed by atoms with Gasteiger partial charge in [0, 0.05) is 16.1 Å². The van der Waals surface area contributed by atoms with E-state index in [-0.39, 0.29) is 6.61 Å². The summed E-state index contributed by atoms with van der Waals surface area (Å²) in [4.78, 5) is 11.6. The first-order valence-electron chi connectivity index (χ1n) is 7.14. The van der Waals surface area contributed by atoms with E-state index in [9.17, 15) is 4.79 Å². The van der Waals surface area contributed by atoms with Crippen molar-refractivity contribution in [1.29, 1.82) is 0 Å². The molecule has 2 aromatic rings. The van der Waals surface area contributed by atoms with Gasteiger partial charge >= 0.3 is 0 Å². The number of hydrogen-bond donors (Lipinski definition) is 0. The van der Waals surface area contributed by atoms with Gasteiger partial charge in [-0.15, -0.1) is 0 Å². The highest BCUT2D eigenvalue weighted by molar-refractivity contribution is 6.67. The fourth-order valence-electron chi connectivity index (χ4n) is 2.43. The van der Waals surface area contributed by atoms with Crippen LogP contribution in [0.1, 0.15) is 39.5 Å². The number of benzene rings is 2. The second-order valence-corrected chi connectivity index (χ2v) is 5.98. The molecule has 0 radical (unpaired) electrons. The van der Waals surface area contributed by atoms with Crippen LogP contribution >= 0.6 is 23.2 Å². The topological polar surface area (TPSA) is 26.3 Å². The van der Waals surface area contributed by atoms with Crippen molar-refractivity contribution in [2.45, 2.75) is 33.8 Å². The number of carbonyl (C=O) groups is 1. The number of aryl methyl sites for hydroxylation is 3. The van der Waals surface area contributed by atoms with Crippen LogP contribution in [0.15, 0.2) is 30.3 Å². The summed E-state index contributed by atoms with van der Waals surface area (Å²) in [5.41, 5.74) is 4.41. The third kappa shape index (κ3) is 3.63. The molecule has 2 aromatic carbocycles. The molecule has 0 heterocycles. The van der Waals surface area contributed by atoms with Crippen LogP contribution in [0, 0.1) is 13.8 Å². The van der Waals surface area contributed by atoms with Gasteiger partial charge in [0.15, 0.2) is 0 Å². The van der Waals surface area contributed by atoms with E-state index in [0.29, 0.717) is 10.6 Å². The molecule has 0 bridgehead atoms. The van der Waals surface area contributed by atoms with Gasteiger partial charge in [0.2, 0.25) is 0 Å². The highest BCUT2D eigenvalue weighted by Gasteiger charge is 2.14. The molecular weight excluding hydrogens is 319 g/mol. The third-order valence-corrected chi connectivity index (χ3v) is 4.30. The van der Waals surface area contributed by atoms with Crippen molar-refractivity contribution in [1.82, 2.24) is 0 Å². The van der Waals surface area contributed by atoms with Gasteiger partial charge in [-0.2, -0.15) is 0 Å². The first-order valence-corrected chi connectivity index (χ1v) is 7.89. The summed E-state index contributed by atoms with van der Waals surface area (Å²) in [6.45, 7) is 6.25. The van der Waals surface area contributed by atoms with Crippen LogP contribution in [0.5, 0.6) is 5.75 Å².